The van der Waals surface area contributed by atoms with E-state index in [0.29, 0.717) is 12.0 Å². The van der Waals surface area contributed by atoms with Crippen LogP contribution in [-0.4, -0.2) is 37.7 Å². The minimum Gasteiger partial charge on any atom is -0.384 e. The molecule has 0 saturated carbocycles. The maximum absolute atomic E-state index is 6.38. The zero-order chi connectivity index (χ0) is 13.8. The van der Waals surface area contributed by atoms with E-state index in [1.807, 2.05) is 0 Å². The van der Waals surface area contributed by atoms with Gasteiger partial charge in [-0.1, -0.05) is 6.92 Å². The maximum atomic E-state index is 6.38. The van der Waals surface area contributed by atoms with Crippen molar-refractivity contribution in [1.82, 2.24) is 4.90 Å². The third-order valence-electron chi connectivity index (χ3n) is 3.88. The topological polar surface area (TPSA) is 38.5 Å². The molecule has 0 radical (unpaired) electrons. The van der Waals surface area contributed by atoms with Crippen LogP contribution in [0.5, 0.6) is 0 Å². The molecular formula is C14H23BrN2OS. The molecule has 1 aromatic rings. The van der Waals surface area contributed by atoms with E-state index in [1.54, 1.807) is 18.4 Å². The largest absolute Gasteiger partial charge is 0.384 e. The van der Waals surface area contributed by atoms with Gasteiger partial charge in [0, 0.05) is 24.6 Å². The molecule has 19 heavy (non-hydrogen) atoms. The van der Waals surface area contributed by atoms with Gasteiger partial charge in [0.15, 0.2) is 0 Å². The van der Waals surface area contributed by atoms with Gasteiger partial charge < -0.3 is 10.5 Å². The zero-order valence-electron chi connectivity index (χ0n) is 11.6. The third kappa shape index (κ3) is 3.79. The second kappa shape index (κ2) is 7.18. The zero-order valence-corrected chi connectivity index (χ0v) is 14.0. The van der Waals surface area contributed by atoms with Gasteiger partial charge in [-0.3, -0.25) is 4.90 Å². The van der Waals surface area contributed by atoms with Crippen LogP contribution in [0.25, 0.3) is 0 Å². The van der Waals surface area contributed by atoms with Gasteiger partial charge in [0.1, 0.15) is 0 Å². The Bertz CT molecular complexity index is 399. The van der Waals surface area contributed by atoms with E-state index in [0.717, 1.165) is 26.1 Å². The molecule has 1 fully saturated rings. The van der Waals surface area contributed by atoms with Crippen molar-refractivity contribution in [3.05, 3.63) is 20.8 Å². The minimum atomic E-state index is 0.201. The fourth-order valence-corrected chi connectivity index (χ4v) is 4.49. The molecule has 0 bridgehead atoms. The first-order valence-electron chi connectivity index (χ1n) is 6.89. The van der Waals surface area contributed by atoms with Gasteiger partial charge >= 0.3 is 0 Å². The number of thiophene rings is 1. The van der Waals surface area contributed by atoms with E-state index in [-0.39, 0.29) is 6.04 Å². The lowest BCUT2D eigenvalue weighted by Crippen LogP contribution is -2.39. The highest BCUT2D eigenvalue weighted by Crippen LogP contribution is 2.36. The SMILES string of the molecule is CCC(N)C(c1ccc(Br)s1)N1CCC(COC)C1. The van der Waals surface area contributed by atoms with E-state index in [2.05, 4.69) is 39.9 Å². The van der Waals surface area contributed by atoms with Crippen LogP contribution in [0.4, 0.5) is 0 Å². The number of rotatable bonds is 6. The van der Waals surface area contributed by atoms with Crippen molar-refractivity contribution in [2.24, 2.45) is 11.7 Å². The van der Waals surface area contributed by atoms with E-state index >= 15 is 0 Å². The smallest absolute Gasteiger partial charge is 0.0702 e. The van der Waals surface area contributed by atoms with Crippen molar-refractivity contribution < 1.29 is 4.74 Å². The van der Waals surface area contributed by atoms with Gasteiger partial charge in [-0.2, -0.15) is 0 Å². The summed E-state index contributed by atoms with van der Waals surface area (Å²) >= 11 is 5.36. The Morgan fingerprint density at radius 3 is 2.95 bits per heavy atom. The summed E-state index contributed by atoms with van der Waals surface area (Å²) in [6.07, 6.45) is 2.22. The average Bonchev–Trinajstić information content (AvgIpc) is 3.00. The fourth-order valence-electron chi connectivity index (χ4n) is 2.86. The Labute approximate surface area is 128 Å². The molecule has 3 unspecified atom stereocenters. The Morgan fingerprint density at radius 1 is 1.58 bits per heavy atom. The van der Waals surface area contributed by atoms with Crippen LogP contribution in [0.2, 0.25) is 0 Å². The van der Waals surface area contributed by atoms with E-state index in [4.69, 9.17) is 10.5 Å². The fraction of sp³-hybridized carbons (Fsp3) is 0.714. The summed E-state index contributed by atoms with van der Waals surface area (Å²) in [6, 6.07) is 4.88. The lowest BCUT2D eigenvalue weighted by Gasteiger charge is -2.31. The maximum Gasteiger partial charge on any atom is 0.0702 e. The predicted octanol–water partition coefficient (Wildman–Crippen LogP) is 3.26. The molecule has 1 aliphatic rings. The minimum absolute atomic E-state index is 0.201. The summed E-state index contributed by atoms with van der Waals surface area (Å²) in [5, 5.41) is 0. The van der Waals surface area contributed by atoms with Gasteiger partial charge in [0.2, 0.25) is 0 Å². The number of likely N-dealkylation sites (tertiary alicyclic amines) is 1. The summed E-state index contributed by atoms with van der Waals surface area (Å²) in [5.74, 6) is 0.653. The first-order chi connectivity index (χ1) is 9.15. The molecule has 0 aliphatic carbocycles. The number of hydrogen-bond acceptors (Lipinski definition) is 4. The summed E-state index contributed by atoms with van der Waals surface area (Å²) in [4.78, 5) is 3.91. The van der Waals surface area contributed by atoms with Crippen LogP contribution < -0.4 is 5.73 Å². The van der Waals surface area contributed by atoms with Gasteiger partial charge in [0.25, 0.3) is 0 Å². The van der Waals surface area contributed by atoms with Crippen LogP contribution in [0, 0.1) is 5.92 Å². The van der Waals surface area contributed by atoms with E-state index in [1.165, 1.54) is 15.1 Å². The molecule has 1 aromatic heterocycles. The number of nitrogens with zero attached hydrogens (tertiary/aromatic N) is 1. The highest BCUT2D eigenvalue weighted by molar-refractivity contribution is 9.11. The molecule has 2 rings (SSSR count). The van der Waals surface area contributed by atoms with Gasteiger partial charge in [-0.15, -0.1) is 11.3 Å². The van der Waals surface area contributed by atoms with Crippen LogP contribution in [0.15, 0.2) is 15.9 Å². The molecule has 3 atom stereocenters. The molecule has 1 saturated heterocycles. The first-order valence-corrected chi connectivity index (χ1v) is 8.50. The second-order valence-corrected chi connectivity index (χ2v) is 7.76. The van der Waals surface area contributed by atoms with Crippen LogP contribution in [0.1, 0.15) is 30.7 Å². The normalized spacial score (nSPS) is 23.7. The third-order valence-corrected chi connectivity index (χ3v) is 5.57. The Hall–Kier alpha value is 0.0600. The number of methoxy groups -OCH3 is 1. The quantitative estimate of drug-likeness (QED) is 0.859. The summed E-state index contributed by atoms with van der Waals surface area (Å²) in [7, 11) is 1.79. The van der Waals surface area contributed by atoms with E-state index in [9.17, 15) is 0 Å². The molecule has 0 spiro atoms. The summed E-state index contributed by atoms with van der Waals surface area (Å²) in [5.41, 5.74) is 6.38. The van der Waals surface area contributed by atoms with E-state index < -0.39 is 0 Å². The molecule has 0 aromatic carbocycles. The molecule has 3 nitrogen and oxygen atoms in total. The monoisotopic (exact) mass is 346 g/mol. The van der Waals surface area contributed by atoms with Crippen LogP contribution in [0.3, 0.4) is 0 Å². The lowest BCUT2D eigenvalue weighted by molar-refractivity contribution is 0.142. The molecule has 2 heterocycles. The molecule has 2 N–H and O–H groups in total. The standard InChI is InChI=1S/C14H23BrN2OS/c1-3-11(16)14(12-4-5-13(15)19-12)17-7-6-10(8-17)9-18-2/h4-5,10-11,14H,3,6-9,16H2,1-2H3. The first kappa shape index (κ1) is 15.4. The van der Waals surface area contributed by atoms with Crippen molar-refractivity contribution in [2.45, 2.75) is 31.8 Å². The Morgan fingerprint density at radius 2 is 2.37 bits per heavy atom. The predicted molar refractivity (Wildman–Crippen MR) is 84.6 cm³/mol. The van der Waals surface area contributed by atoms with Gasteiger partial charge in [-0.25, -0.2) is 0 Å². The number of hydrogen-bond donors (Lipinski definition) is 1. The van der Waals surface area contributed by atoms with Gasteiger partial charge in [-0.05, 0) is 53.4 Å². The average molecular weight is 347 g/mol. The van der Waals surface area contributed by atoms with Crippen molar-refractivity contribution in [2.75, 3.05) is 26.8 Å². The highest BCUT2D eigenvalue weighted by atomic mass is 79.9. The Kier molecular flexibility index (Phi) is 5.84. The molecule has 0 amide bonds. The van der Waals surface area contributed by atoms with Crippen LogP contribution >= 0.6 is 27.3 Å². The summed E-state index contributed by atoms with van der Waals surface area (Å²) < 4.78 is 6.47. The lowest BCUT2D eigenvalue weighted by atomic mass is 10.0. The van der Waals surface area contributed by atoms with Crippen molar-refractivity contribution in [3.8, 4) is 0 Å². The van der Waals surface area contributed by atoms with Crippen molar-refractivity contribution in [1.29, 1.82) is 0 Å². The van der Waals surface area contributed by atoms with Crippen molar-refractivity contribution >= 4 is 27.3 Å². The number of ether oxygens (including phenoxy) is 1. The summed E-state index contributed by atoms with van der Waals surface area (Å²) in [6.45, 7) is 5.26. The number of nitrogens with two attached hydrogens (primary N) is 1. The highest BCUT2D eigenvalue weighted by Gasteiger charge is 2.32. The molecular weight excluding hydrogens is 324 g/mol. The molecule has 1 aliphatic heterocycles. The van der Waals surface area contributed by atoms with Crippen LogP contribution in [-0.2, 0) is 4.74 Å². The van der Waals surface area contributed by atoms with Gasteiger partial charge in [0.05, 0.1) is 16.4 Å². The number of halogens is 1. The second-order valence-electron chi connectivity index (χ2n) is 5.26. The van der Waals surface area contributed by atoms with Crippen molar-refractivity contribution in [3.63, 3.8) is 0 Å². The molecule has 5 heteroatoms. The Balaban J connectivity index is 2.11. The molecule has 108 valence electrons.